The minimum absolute atomic E-state index is 0.0375. The Bertz CT molecular complexity index is 2750. The van der Waals surface area contributed by atoms with Crippen LogP contribution in [0.25, 0.3) is 10.8 Å². The Kier molecular flexibility index (Phi) is 18.6. The Balaban J connectivity index is 1.33. The van der Waals surface area contributed by atoms with E-state index in [9.17, 15) is 38.7 Å². The summed E-state index contributed by atoms with van der Waals surface area (Å²) >= 11 is 18.3. The van der Waals surface area contributed by atoms with Gasteiger partial charge in [-0.3, -0.25) is 9.59 Å². The van der Waals surface area contributed by atoms with Crippen LogP contribution in [0.5, 0.6) is 0 Å². The molecule has 0 unspecified atom stereocenters. The van der Waals surface area contributed by atoms with E-state index in [0.29, 0.717) is 5.56 Å². The fraction of sp³-hybridized carbons (Fsp3) is 0.327. The van der Waals surface area contributed by atoms with Gasteiger partial charge < -0.3 is 57.8 Å². The molecule has 2 saturated heterocycles. The first kappa shape index (κ1) is 54.3. The van der Waals surface area contributed by atoms with Gasteiger partial charge in [0.05, 0.1) is 36.8 Å². The average molecular weight is 1070 g/mol. The fourth-order valence-corrected chi connectivity index (χ4v) is 8.02. The van der Waals surface area contributed by atoms with Gasteiger partial charge in [0.1, 0.15) is 36.7 Å². The molecule has 0 bridgehead atoms. The number of amides is 1. The van der Waals surface area contributed by atoms with Crippen LogP contribution in [0, 0.1) is 0 Å². The molecule has 5 aromatic rings. The summed E-state index contributed by atoms with van der Waals surface area (Å²) in [5, 5.41) is 16.6. The van der Waals surface area contributed by atoms with Crippen LogP contribution in [-0.4, -0.2) is 126 Å². The Morgan fingerprint density at radius 1 is 0.630 bits per heavy atom. The SMILES string of the molecule is COC(=O)[C@H]1O[C@@H](O[C@H]2[C@H](O)[C@@H](COC(=O)c3ccccc3)O[C@@H](OCc3ccc4ccccc4c3)[C@@H]2NC(=O)C(Cl)(Cl)Cl)[C@H](OC(=O)c2ccccc2)[C@@H](OC(=O)c2ccccc2)[C@@H]1OC(=O)CCC(C)=O. The molecule has 0 radical (unpaired) electrons. The highest BCUT2D eigenvalue weighted by Crippen LogP contribution is 2.36. The Morgan fingerprint density at radius 2 is 1.19 bits per heavy atom. The van der Waals surface area contributed by atoms with Crippen LogP contribution in [-0.2, 0) is 68.4 Å². The number of methoxy groups -OCH3 is 1. The predicted molar refractivity (Wildman–Crippen MR) is 259 cm³/mol. The fourth-order valence-electron chi connectivity index (χ4n) is 7.86. The van der Waals surface area contributed by atoms with Crippen LogP contribution < -0.4 is 5.32 Å². The maximum atomic E-state index is 14.1. The van der Waals surface area contributed by atoms with Gasteiger partial charge in [-0.2, -0.15) is 0 Å². The molecule has 2 heterocycles. The van der Waals surface area contributed by atoms with Crippen LogP contribution in [0.1, 0.15) is 56.4 Å². The van der Waals surface area contributed by atoms with Gasteiger partial charge in [0.2, 0.25) is 0 Å². The zero-order chi connectivity index (χ0) is 52.2. The molecule has 5 aromatic carbocycles. The van der Waals surface area contributed by atoms with E-state index in [0.717, 1.165) is 17.9 Å². The quantitative estimate of drug-likeness (QED) is 0.0567. The summed E-state index contributed by atoms with van der Waals surface area (Å²) in [6.07, 6.45) is -18.2. The lowest BCUT2D eigenvalue weighted by Crippen LogP contribution is -2.69. The van der Waals surface area contributed by atoms with E-state index >= 15 is 0 Å². The van der Waals surface area contributed by atoms with Crippen molar-refractivity contribution < 1.29 is 81.3 Å². The molecule has 2 N–H and O–H groups in total. The lowest BCUT2D eigenvalue weighted by molar-refractivity contribution is -0.340. The van der Waals surface area contributed by atoms with Gasteiger partial charge in [-0.1, -0.05) is 126 Å². The lowest BCUT2D eigenvalue weighted by atomic mass is 9.94. The number of carbonyl (C=O) groups is 7. The largest absolute Gasteiger partial charge is 0.467 e. The van der Waals surface area contributed by atoms with Gasteiger partial charge in [0, 0.05) is 6.42 Å². The average Bonchev–Trinajstić information content (AvgIpc) is 3.39. The number of aliphatic hydroxyl groups is 1. The summed E-state index contributed by atoms with van der Waals surface area (Å²) in [6.45, 7) is 0.350. The summed E-state index contributed by atoms with van der Waals surface area (Å²) in [5.74, 6) is -6.88. The molecule has 21 heteroatoms. The van der Waals surface area contributed by atoms with Gasteiger partial charge in [-0.05, 0) is 65.7 Å². The Morgan fingerprint density at radius 3 is 1.77 bits per heavy atom. The second kappa shape index (κ2) is 25.0. The number of aliphatic hydroxyl groups excluding tert-OH is 1. The molecule has 0 spiro atoms. The highest BCUT2D eigenvalue weighted by Gasteiger charge is 2.59. The van der Waals surface area contributed by atoms with Crippen LogP contribution >= 0.6 is 34.8 Å². The van der Waals surface area contributed by atoms with Crippen molar-refractivity contribution in [2.24, 2.45) is 0 Å². The van der Waals surface area contributed by atoms with E-state index in [1.807, 2.05) is 36.4 Å². The number of fused-ring (bicyclic) bond motifs is 1. The Hall–Kier alpha value is -6.48. The molecule has 7 rings (SSSR count). The molecule has 1 amide bonds. The number of hydrogen-bond acceptors (Lipinski definition) is 17. The van der Waals surface area contributed by atoms with Crippen molar-refractivity contribution in [3.63, 3.8) is 0 Å². The highest BCUT2D eigenvalue weighted by atomic mass is 35.6. The summed E-state index contributed by atoms with van der Waals surface area (Å²) in [5.41, 5.74) is 0.684. The first-order valence-electron chi connectivity index (χ1n) is 22.6. The van der Waals surface area contributed by atoms with E-state index in [-0.39, 0.29) is 35.5 Å². The molecule has 2 fully saturated rings. The van der Waals surface area contributed by atoms with Gasteiger partial charge in [0.25, 0.3) is 9.70 Å². The minimum atomic E-state index is -2.65. The maximum absolute atomic E-state index is 14.1. The van der Waals surface area contributed by atoms with Gasteiger partial charge >= 0.3 is 29.8 Å². The maximum Gasteiger partial charge on any atom is 0.339 e. The van der Waals surface area contributed by atoms with Crippen molar-refractivity contribution in [1.29, 1.82) is 0 Å². The van der Waals surface area contributed by atoms with Crippen LogP contribution in [0.15, 0.2) is 133 Å². The first-order chi connectivity index (χ1) is 35.0. The van der Waals surface area contributed by atoms with Crippen LogP contribution in [0.4, 0.5) is 0 Å². The lowest BCUT2D eigenvalue weighted by Gasteiger charge is -2.48. The van der Waals surface area contributed by atoms with Crippen molar-refractivity contribution in [3.05, 3.63) is 156 Å². The molecule has 18 nitrogen and oxygen atoms in total. The molecule has 0 aliphatic carbocycles. The number of Topliss-reactive ketones (excluding diaryl/α,β-unsaturated/α-hetero) is 1. The number of esters is 5. The first-order valence-corrected chi connectivity index (χ1v) is 23.8. The van der Waals surface area contributed by atoms with Crippen molar-refractivity contribution in [2.75, 3.05) is 13.7 Å². The smallest absolute Gasteiger partial charge is 0.339 e. The molecule has 2 aliphatic heterocycles. The number of benzene rings is 5. The summed E-state index contributed by atoms with van der Waals surface area (Å²) in [4.78, 5) is 94.4. The minimum Gasteiger partial charge on any atom is -0.467 e. The monoisotopic (exact) mass is 1060 g/mol. The number of carbonyl (C=O) groups excluding carboxylic acids is 7. The molecular formula is C52H48Cl3NO17. The van der Waals surface area contributed by atoms with Gasteiger partial charge in [0.15, 0.2) is 37.0 Å². The van der Waals surface area contributed by atoms with Crippen molar-refractivity contribution in [1.82, 2.24) is 5.32 Å². The Labute approximate surface area is 432 Å². The van der Waals surface area contributed by atoms with E-state index in [4.69, 9.17) is 77.4 Å². The van der Waals surface area contributed by atoms with Crippen LogP contribution in [0.2, 0.25) is 0 Å². The van der Waals surface area contributed by atoms with E-state index in [2.05, 4.69) is 5.32 Å². The number of alkyl halides is 3. The zero-order valence-electron chi connectivity index (χ0n) is 38.9. The molecule has 0 aromatic heterocycles. The number of ether oxygens (including phenoxy) is 9. The number of nitrogens with one attached hydrogen (secondary N) is 1. The number of rotatable bonds is 18. The van der Waals surface area contributed by atoms with Crippen molar-refractivity contribution in [3.8, 4) is 0 Å². The number of hydrogen-bond donors (Lipinski definition) is 2. The topological polar surface area (TPSA) is 235 Å². The third kappa shape index (κ3) is 14.2. The van der Waals surface area contributed by atoms with Crippen molar-refractivity contribution in [2.45, 2.75) is 91.5 Å². The second-order valence-corrected chi connectivity index (χ2v) is 18.9. The molecule has 10 atom stereocenters. The van der Waals surface area contributed by atoms with Gasteiger partial charge in [-0.15, -0.1) is 0 Å². The molecule has 0 saturated carbocycles. The summed E-state index contributed by atoms with van der Waals surface area (Å²) in [6, 6.07) is 34.1. The molecule has 73 heavy (non-hydrogen) atoms. The molecule has 384 valence electrons. The second-order valence-electron chi connectivity index (χ2n) is 16.7. The standard InChI is InChI=1S/C52H48Cl3NO17/c1-29(57)22-25-37(58)69-41-42(70-46(61)33-17-8-4-9-18-33)44(71-47(62)34-19-10-5-11-20-34)50(73-43(41)48(63)65-2)72-40-38(56-51(64)52(53,54)55)49(67-27-30-23-24-31-14-12-13-21-35(31)26-30)68-36(39(40)59)28-66-45(60)32-15-6-3-7-16-32/h3-21,23-24,26,36,38-44,49-50,59H,22,25,27-28H2,1-2H3,(H,56,64)/t36-,38-,39-,40-,41+,42+,43+,44-,49-,50-/m1/s1. The summed E-state index contributed by atoms with van der Waals surface area (Å²) < 4.78 is 51.3. The molecular weight excluding hydrogens is 1020 g/mol. The predicted octanol–water partition coefficient (Wildman–Crippen LogP) is 6.17. The van der Waals surface area contributed by atoms with Crippen LogP contribution in [0.3, 0.4) is 0 Å². The third-order valence-corrected chi connectivity index (χ3v) is 12.0. The number of halogens is 3. The summed E-state index contributed by atoms with van der Waals surface area (Å²) in [7, 11) is 0.978. The van der Waals surface area contributed by atoms with E-state index < -0.39 is 114 Å². The van der Waals surface area contributed by atoms with E-state index in [1.165, 1.54) is 67.6 Å². The van der Waals surface area contributed by atoms with E-state index in [1.54, 1.807) is 36.4 Å². The third-order valence-electron chi connectivity index (χ3n) is 11.5. The normalized spacial score (nSPS) is 23.8. The zero-order valence-corrected chi connectivity index (χ0v) is 41.2. The molecule has 2 aliphatic rings. The highest BCUT2D eigenvalue weighted by molar-refractivity contribution is 6.76. The van der Waals surface area contributed by atoms with Gasteiger partial charge in [-0.25, -0.2) is 19.2 Å². The number of ketones is 1. The van der Waals surface area contributed by atoms with Crippen molar-refractivity contribution >= 4 is 87.1 Å².